The summed E-state index contributed by atoms with van der Waals surface area (Å²) in [6.45, 7) is 0. The van der Waals surface area contributed by atoms with E-state index < -0.39 is 23.8 Å². The summed E-state index contributed by atoms with van der Waals surface area (Å²) in [5.74, 6) is -1.48. The van der Waals surface area contributed by atoms with Crippen molar-refractivity contribution >= 4 is 5.91 Å². The van der Waals surface area contributed by atoms with E-state index in [-0.39, 0.29) is 16.8 Å². The van der Waals surface area contributed by atoms with Crippen molar-refractivity contribution in [2.24, 2.45) is 12.8 Å². The monoisotopic (exact) mass is 345 g/mol. The first-order chi connectivity index (χ1) is 11.9. The number of nitrogens with two attached hydrogens (primary N) is 1. The van der Waals surface area contributed by atoms with Crippen LogP contribution < -0.4 is 5.73 Å². The third-order valence-corrected chi connectivity index (χ3v) is 3.87. The number of amides is 1. The lowest BCUT2D eigenvalue weighted by Gasteiger charge is -2.12. The zero-order valence-corrected chi connectivity index (χ0v) is 13.2. The summed E-state index contributed by atoms with van der Waals surface area (Å²) in [4.78, 5) is 11.8. The molecule has 1 aromatic heterocycles. The van der Waals surface area contributed by atoms with E-state index in [4.69, 9.17) is 5.73 Å². The first-order valence-electron chi connectivity index (χ1n) is 7.41. The van der Waals surface area contributed by atoms with Gasteiger partial charge in [-0.25, -0.2) is 13.2 Å². The topological polar surface area (TPSA) is 60.9 Å². The highest BCUT2D eigenvalue weighted by Gasteiger charge is 2.28. The molecular formula is C18H14F3N3O. The molecular weight excluding hydrogens is 331 g/mol. The maximum absolute atomic E-state index is 14.2. The van der Waals surface area contributed by atoms with Crippen LogP contribution in [0.2, 0.25) is 0 Å². The number of nitrogens with zero attached hydrogens (tertiary/aromatic N) is 2. The predicted octanol–water partition coefficient (Wildman–Crippen LogP) is 3.93. The summed E-state index contributed by atoms with van der Waals surface area (Å²) in [6.07, 6.45) is -2.96. The van der Waals surface area contributed by atoms with Crippen LogP contribution in [0.1, 0.15) is 22.5 Å². The molecule has 3 aromatic rings. The Balaban J connectivity index is 2.33. The van der Waals surface area contributed by atoms with Gasteiger partial charge in [0.1, 0.15) is 11.5 Å². The molecule has 2 aromatic carbocycles. The van der Waals surface area contributed by atoms with Gasteiger partial charge in [0.25, 0.3) is 12.3 Å². The van der Waals surface area contributed by atoms with Crippen molar-refractivity contribution < 1.29 is 18.0 Å². The van der Waals surface area contributed by atoms with Gasteiger partial charge in [-0.1, -0.05) is 42.5 Å². The van der Waals surface area contributed by atoms with Gasteiger partial charge >= 0.3 is 0 Å². The Bertz CT molecular complexity index is 950. The fourth-order valence-corrected chi connectivity index (χ4v) is 2.85. The van der Waals surface area contributed by atoms with E-state index in [9.17, 15) is 18.0 Å². The second-order valence-electron chi connectivity index (χ2n) is 5.42. The van der Waals surface area contributed by atoms with E-state index in [1.165, 1.54) is 17.8 Å². The number of primary amides is 1. The van der Waals surface area contributed by atoms with Gasteiger partial charge in [-0.15, -0.1) is 0 Å². The highest BCUT2D eigenvalue weighted by atomic mass is 19.3. The fourth-order valence-electron chi connectivity index (χ4n) is 2.85. The van der Waals surface area contributed by atoms with E-state index in [1.807, 2.05) is 0 Å². The molecule has 0 unspecified atom stereocenters. The van der Waals surface area contributed by atoms with Crippen molar-refractivity contribution in [3.05, 3.63) is 65.6 Å². The number of carbonyl (C=O) groups excluding carboxylic acids is 1. The molecule has 3 rings (SSSR count). The largest absolute Gasteiger partial charge is 0.365 e. The van der Waals surface area contributed by atoms with Crippen LogP contribution in [0.5, 0.6) is 0 Å². The first-order valence-corrected chi connectivity index (χ1v) is 7.41. The van der Waals surface area contributed by atoms with Crippen LogP contribution in [0.4, 0.5) is 13.2 Å². The highest BCUT2D eigenvalue weighted by Crippen LogP contribution is 2.37. The number of carbonyl (C=O) groups is 1. The lowest BCUT2D eigenvalue weighted by molar-refractivity contribution is 0.0985. The molecule has 2 N–H and O–H groups in total. The Morgan fingerprint density at radius 2 is 1.60 bits per heavy atom. The van der Waals surface area contributed by atoms with Crippen molar-refractivity contribution in [3.8, 4) is 22.4 Å². The number of hydrogen-bond donors (Lipinski definition) is 1. The molecule has 0 aliphatic carbocycles. The molecule has 0 aliphatic heterocycles. The molecule has 0 aliphatic rings. The van der Waals surface area contributed by atoms with Gasteiger partial charge in [0.2, 0.25) is 0 Å². The first kappa shape index (κ1) is 16.8. The number of aromatic nitrogens is 2. The zero-order valence-electron chi connectivity index (χ0n) is 13.2. The lowest BCUT2D eigenvalue weighted by atomic mass is 9.94. The van der Waals surface area contributed by atoms with Crippen LogP contribution in [-0.4, -0.2) is 15.7 Å². The maximum atomic E-state index is 14.2. The van der Waals surface area contributed by atoms with E-state index in [2.05, 4.69) is 5.10 Å². The Morgan fingerprint density at radius 1 is 1.04 bits per heavy atom. The van der Waals surface area contributed by atoms with Crippen LogP contribution >= 0.6 is 0 Å². The fraction of sp³-hybridized carbons (Fsp3) is 0.111. The summed E-state index contributed by atoms with van der Waals surface area (Å²) < 4.78 is 41.9. The average Bonchev–Trinajstić information content (AvgIpc) is 2.93. The minimum Gasteiger partial charge on any atom is -0.365 e. The third-order valence-electron chi connectivity index (χ3n) is 3.87. The highest BCUT2D eigenvalue weighted by molar-refractivity contribution is 6.02. The van der Waals surface area contributed by atoms with Gasteiger partial charge in [-0.05, 0) is 11.6 Å². The number of hydrogen-bond acceptors (Lipinski definition) is 2. The van der Waals surface area contributed by atoms with E-state index >= 15 is 0 Å². The summed E-state index contributed by atoms with van der Waals surface area (Å²) in [5, 5.41) is 3.74. The van der Waals surface area contributed by atoms with Crippen LogP contribution in [-0.2, 0) is 7.05 Å². The summed E-state index contributed by atoms with van der Waals surface area (Å²) in [5.41, 5.74) is 5.53. The summed E-state index contributed by atoms with van der Waals surface area (Å²) in [6, 6.07) is 12.7. The van der Waals surface area contributed by atoms with Gasteiger partial charge in [0.05, 0.1) is 11.3 Å². The Kier molecular flexibility index (Phi) is 4.31. The molecule has 0 atom stereocenters. The quantitative estimate of drug-likeness (QED) is 0.779. The molecule has 0 radical (unpaired) electrons. The second-order valence-corrected chi connectivity index (χ2v) is 5.42. The van der Waals surface area contributed by atoms with Crippen LogP contribution in [0.15, 0.2) is 48.5 Å². The molecule has 0 saturated carbocycles. The van der Waals surface area contributed by atoms with Crippen LogP contribution in [0.25, 0.3) is 22.4 Å². The molecule has 0 saturated heterocycles. The second kappa shape index (κ2) is 6.43. The maximum Gasteiger partial charge on any atom is 0.282 e. The average molecular weight is 345 g/mol. The van der Waals surface area contributed by atoms with Crippen molar-refractivity contribution in [2.75, 3.05) is 0 Å². The number of benzene rings is 2. The minimum absolute atomic E-state index is 0.127. The predicted molar refractivity (Wildman–Crippen MR) is 87.5 cm³/mol. The smallest absolute Gasteiger partial charge is 0.282 e. The normalized spacial score (nSPS) is 11.1. The van der Waals surface area contributed by atoms with E-state index in [1.54, 1.807) is 42.5 Å². The van der Waals surface area contributed by atoms with Gasteiger partial charge in [-0.2, -0.15) is 5.10 Å². The summed E-state index contributed by atoms with van der Waals surface area (Å²) >= 11 is 0. The van der Waals surface area contributed by atoms with Gasteiger partial charge in [0.15, 0.2) is 0 Å². The van der Waals surface area contributed by atoms with E-state index in [0.29, 0.717) is 11.1 Å². The number of aryl methyl sites for hydroxylation is 1. The van der Waals surface area contributed by atoms with Gasteiger partial charge in [-0.3, -0.25) is 9.48 Å². The third kappa shape index (κ3) is 2.88. The zero-order chi connectivity index (χ0) is 18.1. The summed E-state index contributed by atoms with van der Waals surface area (Å²) in [7, 11) is 1.44. The molecule has 0 bridgehead atoms. The molecule has 1 amide bonds. The molecule has 25 heavy (non-hydrogen) atoms. The molecule has 128 valence electrons. The standard InChI is InChI=1S/C18H14F3N3O/c1-24-16(14(18(22)25)15(23-24)17(20)21)12-8-3-2-6-10(12)11-7-4-5-9-13(11)19/h2-9,17H,1H3,(H2,22,25). The van der Waals surface area contributed by atoms with Crippen molar-refractivity contribution in [1.82, 2.24) is 9.78 Å². The SMILES string of the molecule is Cn1nc(C(F)F)c(C(N)=O)c1-c1ccccc1-c1ccccc1F. The van der Waals surface area contributed by atoms with E-state index in [0.717, 1.165) is 0 Å². The van der Waals surface area contributed by atoms with Crippen LogP contribution in [0.3, 0.4) is 0 Å². The Hall–Kier alpha value is -3.09. The molecule has 4 nitrogen and oxygen atoms in total. The number of alkyl halides is 2. The van der Waals surface area contributed by atoms with Crippen molar-refractivity contribution in [3.63, 3.8) is 0 Å². The Morgan fingerprint density at radius 3 is 2.16 bits per heavy atom. The van der Waals surface area contributed by atoms with Crippen LogP contribution in [0, 0.1) is 5.82 Å². The number of halogens is 3. The Labute approximate surface area is 141 Å². The minimum atomic E-state index is -2.96. The van der Waals surface area contributed by atoms with Gasteiger partial charge in [0, 0.05) is 18.2 Å². The molecule has 7 heteroatoms. The molecule has 0 fully saturated rings. The number of rotatable bonds is 4. The van der Waals surface area contributed by atoms with Crippen molar-refractivity contribution in [2.45, 2.75) is 6.43 Å². The molecule has 0 spiro atoms. The van der Waals surface area contributed by atoms with Gasteiger partial charge < -0.3 is 5.73 Å². The van der Waals surface area contributed by atoms with Crippen molar-refractivity contribution in [1.29, 1.82) is 0 Å². The lowest BCUT2D eigenvalue weighted by Crippen LogP contribution is -2.14. The molecule has 1 heterocycles.